The summed E-state index contributed by atoms with van der Waals surface area (Å²) in [6.07, 6.45) is 0.936. The van der Waals surface area contributed by atoms with Crippen molar-refractivity contribution in [2.24, 2.45) is 0 Å². The molecule has 0 aliphatic heterocycles. The Labute approximate surface area is 305 Å². The first-order chi connectivity index (χ1) is 25.5. The van der Waals surface area contributed by atoms with Gasteiger partial charge < -0.3 is 20.8 Å². The summed E-state index contributed by atoms with van der Waals surface area (Å²) in [6, 6.07) is 39.0. The maximum absolute atomic E-state index is 13.8. The minimum Gasteiger partial charge on any atom is -0.478 e. The quantitative estimate of drug-likeness (QED) is 0.100. The highest BCUT2D eigenvalue weighted by atomic mass is 32.2. The van der Waals surface area contributed by atoms with Gasteiger partial charge in [-0.2, -0.15) is 0 Å². The number of aromatic carboxylic acids is 2. The number of sulfone groups is 1. The van der Waals surface area contributed by atoms with Crippen LogP contribution in [0.1, 0.15) is 63.7 Å². The lowest BCUT2D eigenvalue weighted by molar-refractivity contribution is 0.0683. The van der Waals surface area contributed by atoms with Gasteiger partial charge in [0.2, 0.25) is 9.84 Å². The number of nitrogens with one attached hydrogen (secondary N) is 2. The number of amides is 2. The van der Waals surface area contributed by atoms with E-state index in [1.807, 2.05) is 60.7 Å². The Hall–Kier alpha value is -6.85. The maximum Gasteiger partial charge on any atom is 0.336 e. The number of carbonyl (C=O) groups is 4. The molecule has 0 heterocycles. The third-order valence-corrected chi connectivity index (χ3v) is 10.2. The third-order valence-electron chi connectivity index (χ3n) is 8.42. The Morgan fingerprint density at radius 3 is 1.21 bits per heavy atom. The average molecular weight is 725 g/mol. The van der Waals surface area contributed by atoms with Crippen LogP contribution in [0.5, 0.6) is 0 Å². The zero-order valence-electron chi connectivity index (χ0n) is 28.0. The van der Waals surface area contributed by atoms with E-state index in [1.165, 1.54) is 72.8 Å². The molecule has 0 aliphatic carbocycles. The lowest BCUT2D eigenvalue weighted by atomic mass is 9.98. The number of carboxylic acids is 2. The molecule has 0 atom stereocenters. The van der Waals surface area contributed by atoms with E-state index in [1.54, 1.807) is 12.1 Å². The molecule has 0 saturated carbocycles. The van der Waals surface area contributed by atoms with Crippen LogP contribution in [-0.2, 0) is 22.7 Å². The topological polar surface area (TPSA) is 167 Å². The van der Waals surface area contributed by atoms with Crippen LogP contribution in [0.25, 0.3) is 0 Å². The second kappa shape index (κ2) is 15.6. The molecule has 0 radical (unpaired) electrons. The number of rotatable bonds is 12. The van der Waals surface area contributed by atoms with Gasteiger partial charge in [-0.3, -0.25) is 9.59 Å². The highest BCUT2D eigenvalue weighted by Gasteiger charge is 2.23. The van der Waals surface area contributed by atoms with Crippen LogP contribution >= 0.6 is 0 Å². The minimum atomic E-state index is -4.20. The predicted molar refractivity (Wildman–Crippen MR) is 200 cm³/mol. The predicted octanol–water partition coefficient (Wildman–Crippen LogP) is 7.60. The van der Waals surface area contributed by atoms with Gasteiger partial charge in [-0.1, -0.05) is 84.9 Å². The van der Waals surface area contributed by atoms with E-state index in [0.717, 1.165) is 11.1 Å². The third kappa shape index (κ3) is 8.55. The normalized spacial score (nSPS) is 11.0. The molecule has 0 bridgehead atoms. The molecule has 264 valence electrons. The Morgan fingerprint density at radius 1 is 0.434 bits per heavy atom. The maximum atomic E-state index is 13.8. The molecule has 0 saturated heterocycles. The molecule has 53 heavy (non-hydrogen) atoms. The largest absolute Gasteiger partial charge is 0.478 e. The number of carbonyl (C=O) groups excluding carboxylic acids is 2. The van der Waals surface area contributed by atoms with Crippen molar-refractivity contribution in [1.82, 2.24) is 0 Å². The molecule has 10 nitrogen and oxygen atoms in total. The van der Waals surface area contributed by atoms with Crippen molar-refractivity contribution in [2.75, 3.05) is 10.6 Å². The Morgan fingerprint density at radius 2 is 0.830 bits per heavy atom. The summed E-state index contributed by atoms with van der Waals surface area (Å²) in [7, 11) is -4.20. The van der Waals surface area contributed by atoms with E-state index >= 15 is 0 Å². The molecule has 0 spiro atoms. The highest BCUT2D eigenvalue weighted by Crippen LogP contribution is 2.27. The number of hydrogen-bond acceptors (Lipinski definition) is 6. The van der Waals surface area contributed by atoms with Gasteiger partial charge in [0.05, 0.1) is 32.0 Å². The van der Waals surface area contributed by atoms with Crippen LogP contribution in [0, 0.1) is 0 Å². The molecule has 2 amide bonds. The molecule has 6 rings (SSSR count). The SMILES string of the molecule is O=C(O)c1ccc(Cc2ccccc2)cc1C(=O)Nc1cccc(S(=O)(=O)c2cccc(NC(=O)c3cc(Cc4ccccc4)ccc3C(=O)O)c2)c1. The van der Waals surface area contributed by atoms with E-state index in [-0.39, 0.29) is 43.4 Å². The molecule has 0 fully saturated rings. The van der Waals surface area contributed by atoms with Crippen molar-refractivity contribution in [1.29, 1.82) is 0 Å². The van der Waals surface area contributed by atoms with Crippen LogP contribution in [0.4, 0.5) is 11.4 Å². The second-order valence-electron chi connectivity index (χ2n) is 12.2. The summed E-state index contributed by atoms with van der Waals surface area (Å²) in [5, 5.41) is 24.8. The monoisotopic (exact) mass is 724 g/mol. The fourth-order valence-electron chi connectivity index (χ4n) is 5.83. The van der Waals surface area contributed by atoms with E-state index in [9.17, 15) is 37.8 Å². The van der Waals surface area contributed by atoms with Gasteiger partial charge >= 0.3 is 11.9 Å². The first-order valence-corrected chi connectivity index (χ1v) is 17.8. The van der Waals surface area contributed by atoms with Crippen LogP contribution in [0.3, 0.4) is 0 Å². The zero-order valence-corrected chi connectivity index (χ0v) is 28.8. The molecule has 6 aromatic rings. The van der Waals surface area contributed by atoms with Gasteiger partial charge in [0.25, 0.3) is 11.8 Å². The van der Waals surface area contributed by atoms with E-state index in [4.69, 9.17) is 0 Å². The van der Waals surface area contributed by atoms with Crippen LogP contribution in [0.15, 0.2) is 155 Å². The smallest absolute Gasteiger partial charge is 0.336 e. The molecule has 6 aromatic carbocycles. The Kier molecular flexibility index (Phi) is 10.6. The summed E-state index contributed by atoms with van der Waals surface area (Å²) < 4.78 is 27.6. The van der Waals surface area contributed by atoms with Gasteiger partial charge in [-0.25, -0.2) is 18.0 Å². The lowest BCUT2D eigenvalue weighted by Crippen LogP contribution is -2.17. The lowest BCUT2D eigenvalue weighted by Gasteiger charge is -2.13. The van der Waals surface area contributed by atoms with Gasteiger partial charge in [0.15, 0.2) is 0 Å². The number of anilines is 2. The van der Waals surface area contributed by atoms with Crippen LogP contribution < -0.4 is 10.6 Å². The molecule has 0 aliphatic rings. The van der Waals surface area contributed by atoms with Crippen LogP contribution in [-0.4, -0.2) is 42.4 Å². The van der Waals surface area contributed by atoms with Gasteiger partial charge in [-0.15, -0.1) is 0 Å². The molecular formula is C42H32N2O8S. The summed E-state index contributed by atoms with van der Waals surface area (Å²) >= 11 is 0. The summed E-state index contributed by atoms with van der Waals surface area (Å²) in [5.74, 6) is -4.04. The van der Waals surface area contributed by atoms with Crippen molar-refractivity contribution in [3.05, 3.63) is 190 Å². The van der Waals surface area contributed by atoms with Crippen molar-refractivity contribution in [2.45, 2.75) is 22.6 Å². The summed E-state index contributed by atoms with van der Waals surface area (Å²) in [5.41, 5.74) is 3.02. The molecular weight excluding hydrogens is 693 g/mol. The zero-order chi connectivity index (χ0) is 37.5. The van der Waals surface area contributed by atoms with Crippen molar-refractivity contribution >= 4 is 45.0 Å². The first-order valence-electron chi connectivity index (χ1n) is 16.4. The van der Waals surface area contributed by atoms with Gasteiger partial charge in [-0.05, 0) is 95.8 Å². The summed E-state index contributed by atoms with van der Waals surface area (Å²) in [6.45, 7) is 0. The van der Waals surface area contributed by atoms with Crippen LogP contribution in [0.2, 0.25) is 0 Å². The highest BCUT2D eigenvalue weighted by molar-refractivity contribution is 7.91. The molecule has 0 unspecified atom stereocenters. The van der Waals surface area contributed by atoms with Crippen molar-refractivity contribution in [3.63, 3.8) is 0 Å². The van der Waals surface area contributed by atoms with E-state index < -0.39 is 33.6 Å². The summed E-state index contributed by atoms with van der Waals surface area (Å²) in [4.78, 5) is 50.5. The molecule has 0 aromatic heterocycles. The average Bonchev–Trinajstić information content (AvgIpc) is 3.15. The second-order valence-corrected chi connectivity index (χ2v) is 14.1. The molecule has 4 N–H and O–H groups in total. The Bertz CT molecular complexity index is 2300. The van der Waals surface area contributed by atoms with Gasteiger partial charge in [0, 0.05) is 11.4 Å². The fourth-order valence-corrected chi connectivity index (χ4v) is 7.18. The van der Waals surface area contributed by atoms with Gasteiger partial charge in [0.1, 0.15) is 0 Å². The standard InChI is InChI=1S/C42H32N2O8S/c45-39(37-23-29(17-19-35(37)41(47)48)21-27-9-3-1-4-10-27)43-31-13-7-15-33(25-31)53(51,52)34-16-8-14-32(26-34)44-40(46)38-24-30(18-20-36(38)42(49)50)22-28-11-5-2-6-12-28/h1-20,23-26H,21-22H2,(H,43,45)(H,44,46)(H,47,48)(H,49,50). The Balaban J connectivity index is 1.22. The van der Waals surface area contributed by atoms with E-state index in [0.29, 0.717) is 24.0 Å². The fraction of sp³-hybridized carbons (Fsp3) is 0.0476. The number of benzene rings is 6. The van der Waals surface area contributed by atoms with Crippen molar-refractivity contribution in [3.8, 4) is 0 Å². The van der Waals surface area contributed by atoms with E-state index in [2.05, 4.69) is 10.6 Å². The molecule has 11 heteroatoms. The number of carboxylic acid groups (broad SMARTS) is 2. The van der Waals surface area contributed by atoms with Crippen molar-refractivity contribution < 1.29 is 37.8 Å². The number of hydrogen-bond donors (Lipinski definition) is 4. The first kappa shape index (κ1) is 36.0. The minimum absolute atomic E-state index is 0.0840.